The number of hydrogen-bond donors (Lipinski definition) is 1. The van der Waals surface area contributed by atoms with Crippen molar-refractivity contribution in [2.24, 2.45) is 0 Å². The summed E-state index contributed by atoms with van der Waals surface area (Å²) in [6.45, 7) is 4.89. The summed E-state index contributed by atoms with van der Waals surface area (Å²) in [6, 6.07) is 29.1. The van der Waals surface area contributed by atoms with E-state index in [0.29, 0.717) is 12.4 Å². The highest BCUT2D eigenvalue weighted by Crippen LogP contribution is 2.30. The number of pyridine rings is 2. The largest absolute Gasteiger partial charge is 0.372 e. The van der Waals surface area contributed by atoms with Gasteiger partial charge < -0.3 is 10.2 Å². The van der Waals surface area contributed by atoms with Crippen LogP contribution in [0.3, 0.4) is 0 Å². The van der Waals surface area contributed by atoms with E-state index in [1.165, 1.54) is 24.1 Å². The maximum Gasteiger partial charge on any atom is 0.180 e. The molecule has 1 aliphatic rings. The molecule has 6 heteroatoms. The molecule has 3 aromatic heterocycles. The van der Waals surface area contributed by atoms with Crippen molar-refractivity contribution in [3.8, 4) is 33.9 Å². The Labute approximate surface area is 223 Å². The van der Waals surface area contributed by atoms with E-state index >= 15 is 0 Å². The minimum atomic E-state index is 0.586. The molecule has 0 atom stereocenters. The topological polar surface area (TPSA) is 66.8 Å². The average molecular weight is 499 g/mol. The maximum absolute atomic E-state index is 4.92. The predicted molar refractivity (Wildman–Crippen MR) is 154 cm³/mol. The summed E-state index contributed by atoms with van der Waals surface area (Å²) in [6.07, 6.45) is 6.30. The summed E-state index contributed by atoms with van der Waals surface area (Å²) in [7, 11) is 0. The Morgan fingerprint density at radius 2 is 1.53 bits per heavy atom. The van der Waals surface area contributed by atoms with Crippen LogP contribution in [0.1, 0.15) is 24.1 Å². The molecule has 6 nitrogen and oxygen atoms in total. The number of aryl methyl sites for hydroxylation is 1. The van der Waals surface area contributed by atoms with E-state index in [4.69, 9.17) is 9.97 Å². The second-order valence-corrected chi connectivity index (χ2v) is 9.67. The van der Waals surface area contributed by atoms with Crippen molar-refractivity contribution < 1.29 is 0 Å². The zero-order valence-electron chi connectivity index (χ0n) is 21.5. The first-order chi connectivity index (χ1) is 18.7. The fraction of sp³-hybridized carbons (Fsp3) is 0.188. The van der Waals surface area contributed by atoms with Crippen LogP contribution < -0.4 is 10.2 Å². The lowest BCUT2D eigenvalue weighted by Crippen LogP contribution is -2.17. The van der Waals surface area contributed by atoms with Crippen LogP contribution in [0.5, 0.6) is 0 Å². The van der Waals surface area contributed by atoms with Gasteiger partial charge in [0.1, 0.15) is 11.5 Å². The first-order valence-electron chi connectivity index (χ1n) is 13.1. The lowest BCUT2D eigenvalue weighted by molar-refractivity contribution is 0.949. The molecule has 1 N–H and O–H groups in total. The van der Waals surface area contributed by atoms with E-state index in [-0.39, 0.29) is 0 Å². The molecule has 1 saturated heterocycles. The van der Waals surface area contributed by atoms with Crippen LogP contribution in [-0.4, -0.2) is 33.0 Å². The van der Waals surface area contributed by atoms with Crippen LogP contribution in [0.2, 0.25) is 0 Å². The fourth-order valence-electron chi connectivity index (χ4n) is 4.85. The Balaban J connectivity index is 1.36. The summed E-state index contributed by atoms with van der Waals surface area (Å²) >= 11 is 0. The Morgan fingerprint density at radius 3 is 2.37 bits per heavy atom. The minimum absolute atomic E-state index is 0.586. The van der Waals surface area contributed by atoms with Crippen molar-refractivity contribution in [3.05, 3.63) is 109 Å². The standard InChI is InChI=1S/C32H30N6/c1-23-9-7-14-29(35-23)32-36-30(19-31(37-32)34-20-24-10-3-2-4-11-24)27-17-26(21-33-22-27)25-12-8-13-28(18-25)38-15-5-6-16-38/h2-4,7-14,17-19,21-22H,5-6,15-16,20H2,1H3,(H,34,36,37). The number of aromatic nitrogens is 4. The van der Waals surface area contributed by atoms with Crippen LogP contribution in [0, 0.1) is 6.92 Å². The maximum atomic E-state index is 4.92. The monoisotopic (exact) mass is 498 g/mol. The summed E-state index contributed by atoms with van der Waals surface area (Å²) in [4.78, 5) is 21.5. The molecule has 0 saturated carbocycles. The lowest BCUT2D eigenvalue weighted by atomic mass is 10.0. The molecule has 1 fully saturated rings. The van der Waals surface area contributed by atoms with Gasteiger partial charge >= 0.3 is 0 Å². The molecule has 6 rings (SSSR count). The summed E-state index contributed by atoms with van der Waals surface area (Å²) < 4.78 is 0. The van der Waals surface area contributed by atoms with Gasteiger partial charge in [-0.1, -0.05) is 48.5 Å². The molecule has 5 aromatic rings. The van der Waals surface area contributed by atoms with Crippen molar-refractivity contribution in [1.82, 2.24) is 19.9 Å². The zero-order valence-corrected chi connectivity index (χ0v) is 21.5. The Bertz CT molecular complexity index is 1540. The summed E-state index contributed by atoms with van der Waals surface area (Å²) in [5.41, 5.74) is 8.09. The highest BCUT2D eigenvalue weighted by Gasteiger charge is 2.14. The van der Waals surface area contributed by atoms with Crippen LogP contribution >= 0.6 is 0 Å². The van der Waals surface area contributed by atoms with E-state index in [1.54, 1.807) is 0 Å². The molecule has 0 unspecified atom stereocenters. The molecule has 0 amide bonds. The molecule has 0 bridgehead atoms. The molecule has 0 spiro atoms. The second kappa shape index (κ2) is 10.8. The fourth-order valence-corrected chi connectivity index (χ4v) is 4.85. The van der Waals surface area contributed by atoms with E-state index in [1.807, 2.05) is 61.8 Å². The van der Waals surface area contributed by atoms with Crippen LogP contribution in [0.4, 0.5) is 11.5 Å². The van der Waals surface area contributed by atoms with Crippen molar-refractivity contribution in [3.63, 3.8) is 0 Å². The van der Waals surface area contributed by atoms with Gasteiger partial charge in [-0.05, 0) is 61.2 Å². The quantitative estimate of drug-likeness (QED) is 0.267. The van der Waals surface area contributed by atoms with Crippen molar-refractivity contribution in [1.29, 1.82) is 0 Å². The Hall–Kier alpha value is -4.58. The Morgan fingerprint density at radius 1 is 0.711 bits per heavy atom. The van der Waals surface area contributed by atoms with Crippen LogP contribution in [-0.2, 0) is 6.54 Å². The van der Waals surface area contributed by atoms with Gasteiger partial charge in [0, 0.05) is 60.6 Å². The first kappa shape index (κ1) is 23.8. The molecule has 4 heterocycles. The lowest BCUT2D eigenvalue weighted by Gasteiger charge is -2.18. The van der Waals surface area contributed by atoms with Gasteiger partial charge in [0.15, 0.2) is 5.82 Å². The molecule has 0 aliphatic carbocycles. The number of anilines is 2. The SMILES string of the molecule is Cc1cccc(-c2nc(NCc3ccccc3)cc(-c3cncc(-c4cccc(N5CCCC5)c4)c3)n2)n1. The molecule has 0 radical (unpaired) electrons. The van der Waals surface area contributed by atoms with Crippen molar-refractivity contribution in [2.45, 2.75) is 26.3 Å². The number of nitrogens with one attached hydrogen (secondary N) is 1. The highest BCUT2D eigenvalue weighted by atomic mass is 15.1. The summed E-state index contributed by atoms with van der Waals surface area (Å²) in [5.74, 6) is 1.33. The number of nitrogens with zero attached hydrogens (tertiary/aromatic N) is 5. The zero-order chi connectivity index (χ0) is 25.7. The molecule has 2 aromatic carbocycles. The third-order valence-corrected chi connectivity index (χ3v) is 6.84. The molecule has 188 valence electrons. The van der Waals surface area contributed by atoms with E-state index in [9.17, 15) is 0 Å². The van der Waals surface area contributed by atoms with Gasteiger partial charge in [-0.2, -0.15) is 0 Å². The van der Waals surface area contributed by atoms with Crippen LogP contribution in [0.25, 0.3) is 33.9 Å². The van der Waals surface area contributed by atoms with Gasteiger partial charge in [0.25, 0.3) is 0 Å². The normalized spacial score (nSPS) is 13.0. The highest BCUT2D eigenvalue weighted by molar-refractivity contribution is 5.74. The first-order valence-corrected chi connectivity index (χ1v) is 13.1. The predicted octanol–water partition coefficient (Wildman–Crippen LogP) is 6.79. The molecular weight excluding hydrogens is 468 g/mol. The second-order valence-electron chi connectivity index (χ2n) is 9.67. The summed E-state index contributed by atoms with van der Waals surface area (Å²) in [5, 5.41) is 3.48. The van der Waals surface area contributed by atoms with Crippen LogP contribution in [0.15, 0.2) is 97.3 Å². The van der Waals surface area contributed by atoms with Gasteiger partial charge in [0.05, 0.1) is 5.69 Å². The van der Waals surface area contributed by atoms with Gasteiger partial charge in [-0.15, -0.1) is 0 Å². The average Bonchev–Trinajstić information content (AvgIpc) is 3.52. The van der Waals surface area contributed by atoms with Gasteiger partial charge in [-0.3, -0.25) is 4.98 Å². The van der Waals surface area contributed by atoms with E-state index in [0.717, 1.165) is 52.7 Å². The van der Waals surface area contributed by atoms with Gasteiger partial charge in [0.2, 0.25) is 0 Å². The van der Waals surface area contributed by atoms with Gasteiger partial charge in [-0.25, -0.2) is 15.0 Å². The van der Waals surface area contributed by atoms with E-state index in [2.05, 4.69) is 62.6 Å². The third kappa shape index (κ3) is 5.39. The minimum Gasteiger partial charge on any atom is -0.372 e. The molecule has 1 aliphatic heterocycles. The smallest absolute Gasteiger partial charge is 0.180 e. The molecular formula is C32H30N6. The number of rotatable bonds is 7. The van der Waals surface area contributed by atoms with Crippen molar-refractivity contribution in [2.75, 3.05) is 23.3 Å². The van der Waals surface area contributed by atoms with E-state index < -0.39 is 0 Å². The number of hydrogen-bond acceptors (Lipinski definition) is 6. The third-order valence-electron chi connectivity index (χ3n) is 6.84. The number of benzene rings is 2. The Kier molecular flexibility index (Phi) is 6.77. The van der Waals surface area contributed by atoms with Crippen molar-refractivity contribution >= 4 is 11.5 Å². The molecule has 38 heavy (non-hydrogen) atoms.